The predicted molar refractivity (Wildman–Crippen MR) is 116 cm³/mol. The maximum absolute atomic E-state index is 13.8. The first-order valence-electron chi connectivity index (χ1n) is 9.70. The number of aliphatic imine (C=N–C) groups is 1. The Morgan fingerprint density at radius 2 is 2.13 bits per heavy atom. The molecule has 1 aromatic rings. The van der Waals surface area contributed by atoms with Crippen LogP contribution in [0.4, 0.5) is 17.6 Å². The van der Waals surface area contributed by atoms with E-state index < -0.39 is 12.7 Å². The maximum atomic E-state index is 13.8. The molecule has 2 aliphatic heterocycles. The van der Waals surface area contributed by atoms with Crippen molar-refractivity contribution in [2.24, 2.45) is 4.99 Å². The second kappa shape index (κ2) is 11.3. The number of rotatable bonds is 6. The molecule has 6 nitrogen and oxygen atoms in total. The van der Waals surface area contributed by atoms with Gasteiger partial charge in [0.05, 0.1) is 13.2 Å². The van der Waals surface area contributed by atoms with Crippen molar-refractivity contribution in [3.8, 4) is 5.75 Å². The zero-order chi connectivity index (χ0) is 20.9. The minimum atomic E-state index is -4.19. The van der Waals surface area contributed by atoms with Crippen molar-refractivity contribution in [1.82, 2.24) is 15.5 Å². The van der Waals surface area contributed by atoms with Crippen LogP contribution in [0.3, 0.4) is 0 Å². The van der Waals surface area contributed by atoms with Gasteiger partial charge in [-0.2, -0.15) is 13.2 Å². The SMILES string of the molecule is CCNC(=NCCc1cc(F)cc2c1OCOC2)NC1CCN(CC(F)(F)F)C1.I. The highest BCUT2D eigenvalue weighted by atomic mass is 127. The minimum absolute atomic E-state index is 0. The number of guanidine groups is 1. The number of hydrogen-bond donors (Lipinski definition) is 2. The molecule has 0 saturated carbocycles. The van der Waals surface area contributed by atoms with Crippen LogP contribution in [-0.2, 0) is 17.8 Å². The molecule has 1 fully saturated rings. The smallest absolute Gasteiger partial charge is 0.401 e. The van der Waals surface area contributed by atoms with Crippen LogP contribution in [0.5, 0.6) is 5.75 Å². The highest BCUT2D eigenvalue weighted by Crippen LogP contribution is 2.29. The van der Waals surface area contributed by atoms with E-state index in [1.807, 2.05) is 6.92 Å². The number of nitrogens with zero attached hydrogens (tertiary/aromatic N) is 2. The summed E-state index contributed by atoms with van der Waals surface area (Å²) in [7, 11) is 0. The van der Waals surface area contributed by atoms with Crippen molar-refractivity contribution in [1.29, 1.82) is 0 Å². The number of benzene rings is 1. The quantitative estimate of drug-likeness (QED) is 0.249. The first kappa shape index (κ1) is 24.9. The van der Waals surface area contributed by atoms with E-state index in [0.29, 0.717) is 62.9 Å². The van der Waals surface area contributed by atoms with E-state index in [0.717, 1.165) is 5.56 Å². The van der Waals surface area contributed by atoms with Crippen LogP contribution in [0.25, 0.3) is 0 Å². The first-order valence-corrected chi connectivity index (χ1v) is 9.70. The molecular formula is C19H27F4IN4O2. The number of ether oxygens (including phenoxy) is 2. The van der Waals surface area contributed by atoms with Gasteiger partial charge in [-0.1, -0.05) is 0 Å². The normalized spacial score (nSPS) is 19.6. The van der Waals surface area contributed by atoms with E-state index in [9.17, 15) is 17.6 Å². The van der Waals surface area contributed by atoms with Crippen LogP contribution >= 0.6 is 24.0 Å². The molecule has 2 aliphatic rings. The van der Waals surface area contributed by atoms with Gasteiger partial charge in [0, 0.05) is 37.8 Å². The third-order valence-corrected chi connectivity index (χ3v) is 4.76. The minimum Gasteiger partial charge on any atom is -0.467 e. The molecule has 0 spiro atoms. The van der Waals surface area contributed by atoms with Gasteiger partial charge in [0.2, 0.25) is 0 Å². The molecule has 1 aromatic carbocycles. The fourth-order valence-corrected chi connectivity index (χ4v) is 3.59. The Morgan fingerprint density at radius 1 is 1.33 bits per heavy atom. The average molecular weight is 546 g/mol. The Labute approximate surface area is 190 Å². The second-order valence-electron chi connectivity index (χ2n) is 7.15. The summed E-state index contributed by atoms with van der Waals surface area (Å²) in [6, 6.07) is 2.74. The Bertz CT molecular complexity index is 733. The fourth-order valence-electron chi connectivity index (χ4n) is 3.59. The molecule has 2 N–H and O–H groups in total. The van der Waals surface area contributed by atoms with Gasteiger partial charge in [-0.25, -0.2) is 4.39 Å². The number of halogens is 5. The predicted octanol–water partition coefficient (Wildman–Crippen LogP) is 3.04. The molecule has 30 heavy (non-hydrogen) atoms. The molecular weight excluding hydrogens is 519 g/mol. The Balaban J connectivity index is 0.00000320. The van der Waals surface area contributed by atoms with Crippen LogP contribution in [-0.4, -0.2) is 62.6 Å². The number of fused-ring (bicyclic) bond motifs is 1. The lowest BCUT2D eigenvalue weighted by Gasteiger charge is -2.21. The van der Waals surface area contributed by atoms with E-state index in [1.165, 1.54) is 17.0 Å². The lowest BCUT2D eigenvalue weighted by Crippen LogP contribution is -2.45. The van der Waals surface area contributed by atoms with Crippen molar-refractivity contribution in [2.75, 3.05) is 39.5 Å². The fraction of sp³-hybridized carbons (Fsp3) is 0.632. The van der Waals surface area contributed by atoms with E-state index >= 15 is 0 Å². The Kier molecular flexibility index (Phi) is 9.41. The van der Waals surface area contributed by atoms with Crippen molar-refractivity contribution in [3.05, 3.63) is 29.1 Å². The summed E-state index contributed by atoms with van der Waals surface area (Å²) >= 11 is 0. The number of nitrogens with one attached hydrogen (secondary N) is 2. The molecule has 1 saturated heterocycles. The van der Waals surface area contributed by atoms with E-state index in [2.05, 4.69) is 15.6 Å². The van der Waals surface area contributed by atoms with Crippen molar-refractivity contribution in [2.45, 2.75) is 38.6 Å². The van der Waals surface area contributed by atoms with Gasteiger partial charge in [-0.3, -0.25) is 9.89 Å². The lowest BCUT2D eigenvalue weighted by atomic mass is 10.1. The monoisotopic (exact) mass is 546 g/mol. The summed E-state index contributed by atoms with van der Waals surface area (Å²) in [5, 5.41) is 6.30. The van der Waals surface area contributed by atoms with Crippen LogP contribution in [0.1, 0.15) is 24.5 Å². The molecule has 1 unspecified atom stereocenters. The van der Waals surface area contributed by atoms with E-state index in [1.54, 1.807) is 0 Å². The standard InChI is InChI=1S/C19H26F4N4O2.HI/c1-2-24-18(26-16-4-6-27(9-16)11-19(21,22)23)25-5-3-13-7-15(20)8-14-10-28-12-29-17(13)14;/h7-8,16H,2-6,9-12H2,1H3,(H2,24,25,26);1H. The summed E-state index contributed by atoms with van der Waals surface area (Å²) in [6.45, 7) is 3.18. The Hall–Kier alpha value is -1.34. The van der Waals surface area contributed by atoms with Crippen molar-refractivity contribution >= 4 is 29.9 Å². The number of hydrogen-bond acceptors (Lipinski definition) is 4. The van der Waals surface area contributed by atoms with Crippen LogP contribution in [0.2, 0.25) is 0 Å². The van der Waals surface area contributed by atoms with Crippen LogP contribution in [0.15, 0.2) is 17.1 Å². The van der Waals surface area contributed by atoms with Crippen LogP contribution in [0, 0.1) is 5.82 Å². The summed E-state index contributed by atoms with van der Waals surface area (Å²) in [5.41, 5.74) is 1.40. The molecule has 170 valence electrons. The number of likely N-dealkylation sites (tertiary alicyclic amines) is 1. The van der Waals surface area contributed by atoms with E-state index in [-0.39, 0.29) is 42.6 Å². The summed E-state index contributed by atoms with van der Waals surface area (Å²) < 4.78 is 62.2. The van der Waals surface area contributed by atoms with Crippen LogP contribution < -0.4 is 15.4 Å². The largest absolute Gasteiger partial charge is 0.467 e. The average Bonchev–Trinajstić information content (AvgIpc) is 3.06. The van der Waals surface area contributed by atoms with Gasteiger partial charge in [0.25, 0.3) is 0 Å². The lowest BCUT2D eigenvalue weighted by molar-refractivity contribution is -0.143. The molecule has 11 heteroatoms. The van der Waals surface area contributed by atoms with Gasteiger partial charge in [0.1, 0.15) is 11.6 Å². The summed E-state index contributed by atoms with van der Waals surface area (Å²) in [5.74, 6) is 0.836. The highest BCUT2D eigenvalue weighted by molar-refractivity contribution is 14.0. The molecule has 2 heterocycles. The zero-order valence-corrected chi connectivity index (χ0v) is 19.1. The first-order chi connectivity index (χ1) is 13.8. The van der Waals surface area contributed by atoms with E-state index in [4.69, 9.17) is 9.47 Å². The maximum Gasteiger partial charge on any atom is 0.401 e. The summed E-state index contributed by atoms with van der Waals surface area (Å²) in [4.78, 5) is 5.88. The topological polar surface area (TPSA) is 58.1 Å². The second-order valence-corrected chi connectivity index (χ2v) is 7.15. The molecule has 0 aliphatic carbocycles. The van der Waals surface area contributed by atoms with Crippen molar-refractivity contribution in [3.63, 3.8) is 0 Å². The van der Waals surface area contributed by atoms with Gasteiger partial charge in [0.15, 0.2) is 12.8 Å². The third-order valence-electron chi connectivity index (χ3n) is 4.76. The number of alkyl halides is 3. The van der Waals surface area contributed by atoms with Gasteiger partial charge in [-0.15, -0.1) is 24.0 Å². The molecule has 0 amide bonds. The zero-order valence-electron chi connectivity index (χ0n) is 16.7. The molecule has 1 atom stereocenters. The molecule has 0 bridgehead atoms. The molecule has 3 rings (SSSR count). The third kappa shape index (κ3) is 7.41. The van der Waals surface area contributed by atoms with Gasteiger partial charge in [-0.05, 0) is 37.5 Å². The molecule has 0 radical (unpaired) electrons. The molecule has 0 aromatic heterocycles. The van der Waals surface area contributed by atoms with Gasteiger partial charge < -0.3 is 20.1 Å². The van der Waals surface area contributed by atoms with Gasteiger partial charge >= 0.3 is 6.18 Å². The highest BCUT2D eigenvalue weighted by Gasteiger charge is 2.34. The summed E-state index contributed by atoms with van der Waals surface area (Å²) in [6.07, 6.45) is -3.10. The Morgan fingerprint density at radius 3 is 2.87 bits per heavy atom. The van der Waals surface area contributed by atoms with Crippen molar-refractivity contribution < 1.29 is 27.0 Å².